The van der Waals surface area contributed by atoms with Crippen molar-refractivity contribution < 1.29 is 9.59 Å². The lowest BCUT2D eigenvalue weighted by atomic mass is 9.50. The van der Waals surface area contributed by atoms with Crippen LogP contribution in [-0.4, -0.2) is 12.1 Å². The number of rotatable bonds is 3. The summed E-state index contributed by atoms with van der Waals surface area (Å²) in [5.41, 5.74) is -0.0955. The fourth-order valence-electron chi connectivity index (χ4n) is 3.43. The minimum absolute atomic E-state index is 0.0395. The van der Waals surface area contributed by atoms with E-state index >= 15 is 0 Å². The predicted molar refractivity (Wildman–Crippen MR) is 58.3 cm³/mol. The lowest BCUT2D eigenvalue weighted by Crippen LogP contribution is -2.53. The Labute approximate surface area is 90.7 Å². The zero-order valence-electron chi connectivity index (χ0n) is 9.24. The van der Waals surface area contributed by atoms with Crippen LogP contribution in [0.25, 0.3) is 0 Å². The van der Waals surface area contributed by atoms with Crippen LogP contribution in [0.3, 0.4) is 0 Å². The molecule has 15 heavy (non-hydrogen) atoms. The Morgan fingerprint density at radius 2 is 2.33 bits per heavy atom. The second-order valence-corrected chi connectivity index (χ2v) is 5.20. The van der Waals surface area contributed by atoms with Gasteiger partial charge in [0.2, 0.25) is 0 Å². The van der Waals surface area contributed by atoms with Crippen LogP contribution >= 0.6 is 0 Å². The molecule has 3 rings (SSSR count). The Bertz CT molecular complexity index is 308. The van der Waals surface area contributed by atoms with E-state index in [4.69, 9.17) is 0 Å². The number of carbonyl (C=O) groups is 2. The maximum absolute atomic E-state index is 12.1. The first-order valence-corrected chi connectivity index (χ1v) is 5.73. The van der Waals surface area contributed by atoms with Gasteiger partial charge in [-0.1, -0.05) is 13.0 Å². The smallest absolute Gasteiger partial charge is 0.139 e. The van der Waals surface area contributed by atoms with Crippen LogP contribution in [0.4, 0.5) is 0 Å². The molecule has 0 saturated heterocycles. The number of hydrogen-bond donors (Lipinski definition) is 0. The van der Waals surface area contributed by atoms with Crippen molar-refractivity contribution in [3.05, 3.63) is 12.7 Å². The van der Waals surface area contributed by atoms with Crippen molar-refractivity contribution >= 4 is 12.1 Å². The van der Waals surface area contributed by atoms with Gasteiger partial charge in [0.05, 0.1) is 0 Å². The maximum Gasteiger partial charge on any atom is 0.139 e. The largest absolute Gasteiger partial charge is 0.303 e. The van der Waals surface area contributed by atoms with Crippen LogP contribution < -0.4 is 0 Å². The van der Waals surface area contributed by atoms with E-state index in [1.165, 1.54) is 0 Å². The van der Waals surface area contributed by atoms with Crippen molar-refractivity contribution in [3.8, 4) is 0 Å². The number of allylic oxidation sites excluding steroid dienone is 1. The first kappa shape index (κ1) is 10.6. The molecule has 2 bridgehead atoms. The second-order valence-electron chi connectivity index (χ2n) is 5.20. The van der Waals surface area contributed by atoms with Crippen LogP contribution in [-0.2, 0) is 9.59 Å². The Kier molecular flexibility index (Phi) is 2.53. The molecule has 3 aliphatic rings. The molecule has 3 aliphatic carbocycles. The molecule has 2 heteroatoms. The predicted octanol–water partition coefficient (Wildman–Crippen LogP) is 2.38. The van der Waals surface area contributed by atoms with Gasteiger partial charge in [0.1, 0.15) is 12.1 Å². The highest BCUT2D eigenvalue weighted by molar-refractivity contribution is 5.87. The van der Waals surface area contributed by atoms with E-state index in [0.717, 1.165) is 32.0 Å². The minimum atomic E-state index is -0.0955. The highest BCUT2D eigenvalue weighted by Gasteiger charge is 2.54. The zero-order valence-corrected chi connectivity index (χ0v) is 9.24. The van der Waals surface area contributed by atoms with Crippen LogP contribution in [0.1, 0.15) is 32.6 Å². The third-order valence-electron chi connectivity index (χ3n) is 4.53. The average molecular weight is 206 g/mol. The summed E-state index contributed by atoms with van der Waals surface area (Å²) < 4.78 is 0. The average Bonchev–Trinajstić information content (AvgIpc) is 2.24. The first-order valence-electron chi connectivity index (χ1n) is 5.73. The summed E-state index contributed by atoms with van der Waals surface area (Å²) in [6.07, 6.45) is 6.40. The van der Waals surface area contributed by atoms with Crippen LogP contribution in [0.5, 0.6) is 0 Å². The van der Waals surface area contributed by atoms with Crippen LogP contribution in [0.15, 0.2) is 12.7 Å². The quantitative estimate of drug-likeness (QED) is 0.525. The lowest BCUT2D eigenvalue weighted by molar-refractivity contribution is -0.150. The maximum atomic E-state index is 12.1. The number of fused-ring (bicyclic) bond motifs is 3. The molecule has 82 valence electrons. The van der Waals surface area contributed by atoms with Gasteiger partial charge in [-0.2, -0.15) is 0 Å². The van der Waals surface area contributed by atoms with E-state index in [0.29, 0.717) is 5.78 Å². The Hall–Kier alpha value is -0.920. The van der Waals surface area contributed by atoms with Gasteiger partial charge in [-0.05, 0) is 31.1 Å². The highest BCUT2D eigenvalue weighted by atomic mass is 16.1. The van der Waals surface area contributed by atoms with Crippen molar-refractivity contribution in [2.24, 2.45) is 23.2 Å². The molecule has 3 fully saturated rings. The molecule has 0 radical (unpaired) electrons. The SMILES string of the molecule is C=CC[C@@H]1C(=O)[C@@H]2CC[C@@]1(C)[C@@H](C=O)C2. The fraction of sp³-hybridized carbons (Fsp3) is 0.692. The number of carbonyl (C=O) groups excluding carboxylic acids is 2. The van der Waals surface area contributed by atoms with E-state index in [2.05, 4.69) is 13.5 Å². The summed E-state index contributed by atoms with van der Waals surface area (Å²) in [6.45, 7) is 5.82. The van der Waals surface area contributed by atoms with Crippen molar-refractivity contribution in [1.29, 1.82) is 0 Å². The third-order valence-corrected chi connectivity index (χ3v) is 4.53. The molecule has 2 nitrogen and oxygen atoms in total. The molecule has 0 amide bonds. The van der Waals surface area contributed by atoms with E-state index in [1.54, 1.807) is 0 Å². The molecule has 0 aromatic heterocycles. The molecule has 0 aromatic carbocycles. The van der Waals surface area contributed by atoms with Gasteiger partial charge < -0.3 is 4.79 Å². The molecule has 0 aliphatic heterocycles. The van der Waals surface area contributed by atoms with E-state index in [9.17, 15) is 9.59 Å². The molecule has 4 atom stereocenters. The van der Waals surface area contributed by atoms with Gasteiger partial charge >= 0.3 is 0 Å². The zero-order chi connectivity index (χ0) is 11.1. The monoisotopic (exact) mass is 206 g/mol. The van der Waals surface area contributed by atoms with Crippen LogP contribution in [0, 0.1) is 23.2 Å². The summed E-state index contributed by atoms with van der Waals surface area (Å²) in [5, 5.41) is 0. The van der Waals surface area contributed by atoms with Gasteiger partial charge in [-0.3, -0.25) is 4.79 Å². The Morgan fingerprint density at radius 3 is 2.93 bits per heavy atom. The summed E-state index contributed by atoms with van der Waals surface area (Å²) in [7, 11) is 0. The normalized spacial score (nSPS) is 44.1. The molecule has 0 unspecified atom stereocenters. The van der Waals surface area contributed by atoms with Gasteiger partial charge in [0.15, 0.2) is 0 Å². The fourth-order valence-corrected chi connectivity index (χ4v) is 3.43. The van der Waals surface area contributed by atoms with Gasteiger partial charge in [0.25, 0.3) is 0 Å². The molecule has 0 heterocycles. The van der Waals surface area contributed by atoms with Gasteiger partial charge in [-0.15, -0.1) is 6.58 Å². The van der Waals surface area contributed by atoms with Crippen LogP contribution in [0.2, 0.25) is 0 Å². The number of hydrogen-bond acceptors (Lipinski definition) is 2. The topological polar surface area (TPSA) is 34.1 Å². The molecule has 3 saturated carbocycles. The number of Topliss-reactive ketones (excluding diaryl/α,β-unsaturated/α-hetero) is 1. The summed E-state index contributed by atoms with van der Waals surface area (Å²) in [4.78, 5) is 23.2. The summed E-state index contributed by atoms with van der Waals surface area (Å²) in [6, 6.07) is 0. The Morgan fingerprint density at radius 1 is 1.60 bits per heavy atom. The number of ketones is 1. The van der Waals surface area contributed by atoms with E-state index in [1.807, 2.05) is 6.08 Å². The van der Waals surface area contributed by atoms with Crippen molar-refractivity contribution in [2.75, 3.05) is 0 Å². The summed E-state index contributed by atoms with van der Waals surface area (Å²) >= 11 is 0. The van der Waals surface area contributed by atoms with E-state index < -0.39 is 0 Å². The van der Waals surface area contributed by atoms with Gasteiger partial charge in [-0.25, -0.2) is 0 Å². The first-order chi connectivity index (χ1) is 7.13. The third kappa shape index (κ3) is 1.38. The second kappa shape index (κ2) is 3.58. The molecule has 0 aromatic rings. The van der Waals surface area contributed by atoms with Crippen molar-refractivity contribution in [1.82, 2.24) is 0 Å². The molecular weight excluding hydrogens is 188 g/mol. The Balaban J connectivity index is 2.33. The standard InChI is InChI=1S/C13H18O2/c1-3-4-11-12(15)9-5-6-13(11,2)10(7-9)8-14/h3,8-11H,1,4-7H2,2H3/t9-,10-,11-,13+/m1/s1. The van der Waals surface area contributed by atoms with E-state index in [-0.39, 0.29) is 23.2 Å². The van der Waals surface area contributed by atoms with Crippen molar-refractivity contribution in [2.45, 2.75) is 32.6 Å². The summed E-state index contributed by atoms with van der Waals surface area (Å²) in [5.74, 6) is 0.644. The molecule has 0 spiro atoms. The van der Waals surface area contributed by atoms with Crippen molar-refractivity contribution in [3.63, 3.8) is 0 Å². The van der Waals surface area contributed by atoms with Gasteiger partial charge in [0, 0.05) is 17.8 Å². The minimum Gasteiger partial charge on any atom is -0.303 e. The molecule has 0 N–H and O–H groups in total. The molecular formula is C13H18O2. The highest BCUT2D eigenvalue weighted by Crippen LogP contribution is 2.55. The number of aldehydes is 1. The lowest BCUT2D eigenvalue weighted by Gasteiger charge is -2.52.